The number of aliphatic hydroxyl groups excluding tert-OH is 2. The molecule has 1 amide bonds. The van der Waals surface area contributed by atoms with Gasteiger partial charge in [0.2, 0.25) is 5.91 Å². The maximum absolute atomic E-state index is 12.4. The van der Waals surface area contributed by atoms with Crippen LogP contribution >= 0.6 is 0 Å². The summed E-state index contributed by atoms with van der Waals surface area (Å²) < 4.78 is 0. The molecule has 59 heavy (non-hydrogen) atoms. The topological polar surface area (TPSA) is 69.6 Å². The van der Waals surface area contributed by atoms with Crippen molar-refractivity contribution in [3.05, 3.63) is 36.5 Å². The molecule has 0 fully saturated rings. The first-order valence-corrected chi connectivity index (χ1v) is 26.7. The third kappa shape index (κ3) is 47.5. The number of hydrogen-bond acceptors (Lipinski definition) is 3. The lowest BCUT2D eigenvalue weighted by Crippen LogP contribution is -2.45. The fourth-order valence-corrected chi connectivity index (χ4v) is 8.25. The van der Waals surface area contributed by atoms with E-state index in [9.17, 15) is 15.0 Å². The smallest absolute Gasteiger partial charge is 0.220 e. The summed E-state index contributed by atoms with van der Waals surface area (Å²) in [6.45, 7) is 4.32. The van der Waals surface area contributed by atoms with Crippen molar-refractivity contribution in [2.24, 2.45) is 0 Å². The normalized spacial score (nSPS) is 13.1. The maximum Gasteiger partial charge on any atom is 0.220 e. The molecular weight excluding hydrogens is 723 g/mol. The first-order chi connectivity index (χ1) is 29.2. The zero-order valence-electron chi connectivity index (χ0n) is 40.0. The Morgan fingerprint density at radius 3 is 0.983 bits per heavy atom. The zero-order valence-corrected chi connectivity index (χ0v) is 40.0. The van der Waals surface area contributed by atoms with Crippen LogP contribution in [-0.2, 0) is 4.79 Å². The van der Waals surface area contributed by atoms with Gasteiger partial charge >= 0.3 is 0 Å². The van der Waals surface area contributed by atoms with Crippen LogP contribution < -0.4 is 5.32 Å². The van der Waals surface area contributed by atoms with E-state index in [0.717, 1.165) is 32.1 Å². The predicted octanol–water partition coefficient (Wildman–Crippen LogP) is 17.3. The van der Waals surface area contributed by atoms with Gasteiger partial charge in [-0.2, -0.15) is 0 Å². The van der Waals surface area contributed by atoms with Gasteiger partial charge in [-0.05, 0) is 57.8 Å². The molecule has 0 radical (unpaired) electrons. The van der Waals surface area contributed by atoms with E-state index in [0.29, 0.717) is 6.42 Å². The predicted molar refractivity (Wildman–Crippen MR) is 262 cm³/mol. The molecule has 0 rings (SSSR count). The van der Waals surface area contributed by atoms with E-state index >= 15 is 0 Å². The van der Waals surface area contributed by atoms with Gasteiger partial charge in [0, 0.05) is 6.42 Å². The van der Waals surface area contributed by atoms with Gasteiger partial charge < -0.3 is 15.5 Å². The summed E-state index contributed by atoms with van der Waals surface area (Å²) in [7, 11) is 0. The van der Waals surface area contributed by atoms with Crippen LogP contribution in [0.3, 0.4) is 0 Å². The van der Waals surface area contributed by atoms with Crippen molar-refractivity contribution in [1.29, 1.82) is 0 Å². The highest BCUT2D eigenvalue weighted by molar-refractivity contribution is 5.76. The van der Waals surface area contributed by atoms with Crippen LogP contribution in [0.1, 0.15) is 290 Å². The van der Waals surface area contributed by atoms with Crippen LogP contribution in [0, 0.1) is 0 Å². The molecule has 0 aromatic rings. The number of rotatable bonds is 49. The van der Waals surface area contributed by atoms with E-state index in [1.54, 1.807) is 6.08 Å². The summed E-state index contributed by atoms with van der Waals surface area (Å²) in [4.78, 5) is 12.4. The molecule has 0 aliphatic rings. The Balaban J connectivity index is 3.52. The molecule has 3 N–H and O–H groups in total. The summed E-state index contributed by atoms with van der Waals surface area (Å²) in [5, 5.41) is 23.1. The maximum atomic E-state index is 12.4. The highest BCUT2D eigenvalue weighted by atomic mass is 16.3. The summed E-state index contributed by atoms with van der Waals surface area (Å²) >= 11 is 0. The molecule has 348 valence electrons. The molecule has 0 aromatic heterocycles. The molecule has 2 atom stereocenters. The Hall–Kier alpha value is -1.39. The van der Waals surface area contributed by atoms with Gasteiger partial charge in [-0.15, -0.1) is 0 Å². The molecule has 0 aliphatic carbocycles. The molecule has 4 heteroatoms. The van der Waals surface area contributed by atoms with Gasteiger partial charge in [0.25, 0.3) is 0 Å². The second-order valence-electron chi connectivity index (χ2n) is 18.3. The average molecular weight is 828 g/mol. The van der Waals surface area contributed by atoms with Crippen molar-refractivity contribution < 1.29 is 15.0 Å². The lowest BCUT2D eigenvalue weighted by molar-refractivity contribution is -0.123. The summed E-state index contributed by atoms with van der Waals surface area (Å²) in [5.41, 5.74) is 0. The SMILES string of the molecule is CCCCCCCC/C=C\CCCCCCCCCCCC(=O)NC(CO)C(O)/C=C/CC/C=C/CCCCCCCCCCCCCCCCCCCCCCCC. The number of unbranched alkanes of at least 4 members (excludes halogenated alkanes) is 38. The number of carbonyl (C=O) groups excluding carboxylic acids is 1. The molecular formula is C55H105NO3. The molecule has 0 heterocycles. The molecule has 0 saturated carbocycles. The highest BCUT2D eigenvalue weighted by Gasteiger charge is 2.17. The number of aliphatic hydroxyl groups is 2. The Kier molecular flexibility index (Phi) is 49.8. The monoisotopic (exact) mass is 828 g/mol. The lowest BCUT2D eigenvalue weighted by Gasteiger charge is -2.19. The Morgan fingerprint density at radius 1 is 0.390 bits per heavy atom. The molecule has 0 aromatic carbocycles. The third-order valence-corrected chi connectivity index (χ3v) is 12.3. The van der Waals surface area contributed by atoms with Crippen molar-refractivity contribution >= 4 is 5.91 Å². The Bertz CT molecular complexity index is 897. The quantitative estimate of drug-likeness (QED) is 0.0423. The fourth-order valence-electron chi connectivity index (χ4n) is 8.25. The van der Waals surface area contributed by atoms with Crippen molar-refractivity contribution in [3.63, 3.8) is 0 Å². The summed E-state index contributed by atoms with van der Waals surface area (Å²) in [5.74, 6) is -0.0733. The molecule has 4 nitrogen and oxygen atoms in total. The van der Waals surface area contributed by atoms with Crippen molar-refractivity contribution in [1.82, 2.24) is 5.32 Å². The first-order valence-electron chi connectivity index (χ1n) is 26.7. The van der Waals surface area contributed by atoms with Crippen LogP contribution in [0.2, 0.25) is 0 Å². The Labute approximate surface area is 370 Å². The standard InChI is InChI=1S/C55H105NO3/c1-3-5-7-9-11-13-15-17-19-21-23-24-25-26-27-28-29-30-31-33-34-36-38-40-42-44-46-48-50-54(58)53(52-57)56-55(59)51-49-47-45-43-41-39-37-35-32-22-20-18-16-14-12-10-8-6-4-2/h18,20,40,42,48,50,53-54,57-58H,3-17,19,21-39,41,43-47,49,51-52H2,1-2H3,(H,56,59)/b20-18-,42-40+,50-48+. The molecule has 2 unspecified atom stereocenters. The summed E-state index contributed by atoms with van der Waals surface area (Å²) in [6.07, 6.45) is 68.7. The molecule has 0 bridgehead atoms. The second-order valence-corrected chi connectivity index (χ2v) is 18.3. The fraction of sp³-hybridized carbons (Fsp3) is 0.873. The average Bonchev–Trinajstić information content (AvgIpc) is 3.24. The first kappa shape index (κ1) is 57.6. The van der Waals surface area contributed by atoms with Crippen LogP contribution in [0.5, 0.6) is 0 Å². The van der Waals surface area contributed by atoms with E-state index in [1.165, 1.54) is 238 Å². The lowest BCUT2D eigenvalue weighted by atomic mass is 10.0. The second kappa shape index (κ2) is 51.0. The van der Waals surface area contributed by atoms with E-state index in [4.69, 9.17) is 0 Å². The van der Waals surface area contributed by atoms with Crippen molar-refractivity contribution in [2.75, 3.05) is 6.61 Å². The van der Waals surface area contributed by atoms with Gasteiger partial charge in [0.15, 0.2) is 0 Å². The van der Waals surface area contributed by atoms with Crippen LogP contribution in [0.15, 0.2) is 36.5 Å². The number of nitrogens with one attached hydrogen (secondary N) is 1. The third-order valence-electron chi connectivity index (χ3n) is 12.3. The summed E-state index contributed by atoms with van der Waals surface area (Å²) in [6, 6.07) is -0.640. The van der Waals surface area contributed by atoms with E-state index in [-0.39, 0.29) is 12.5 Å². The van der Waals surface area contributed by atoms with Gasteiger partial charge in [0.1, 0.15) is 0 Å². The van der Waals surface area contributed by atoms with Gasteiger partial charge in [-0.1, -0.05) is 262 Å². The van der Waals surface area contributed by atoms with E-state index in [1.807, 2.05) is 6.08 Å². The number of carbonyl (C=O) groups is 1. The van der Waals surface area contributed by atoms with Crippen molar-refractivity contribution in [2.45, 2.75) is 302 Å². The minimum absolute atomic E-state index is 0.0733. The minimum Gasteiger partial charge on any atom is -0.394 e. The van der Waals surface area contributed by atoms with Gasteiger partial charge in [-0.3, -0.25) is 4.79 Å². The van der Waals surface area contributed by atoms with E-state index in [2.05, 4.69) is 43.5 Å². The van der Waals surface area contributed by atoms with E-state index < -0.39 is 12.1 Å². The van der Waals surface area contributed by atoms with Crippen molar-refractivity contribution in [3.8, 4) is 0 Å². The van der Waals surface area contributed by atoms with Gasteiger partial charge in [0.05, 0.1) is 18.8 Å². The van der Waals surface area contributed by atoms with Crippen LogP contribution in [0.25, 0.3) is 0 Å². The van der Waals surface area contributed by atoms with Crippen LogP contribution in [-0.4, -0.2) is 34.9 Å². The number of hydrogen-bond donors (Lipinski definition) is 3. The largest absolute Gasteiger partial charge is 0.394 e. The van der Waals surface area contributed by atoms with Gasteiger partial charge in [-0.25, -0.2) is 0 Å². The number of amides is 1. The molecule has 0 spiro atoms. The Morgan fingerprint density at radius 2 is 0.661 bits per heavy atom. The van der Waals surface area contributed by atoms with Crippen LogP contribution in [0.4, 0.5) is 0 Å². The minimum atomic E-state index is -0.863. The zero-order chi connectivity index (χ0) is 42.8. The molecule has 0 saturated heterocycles. The molecule has 0 aliphatic heterocycles. The highest BCUT2D eigenvalue weighted by Crippen LogP contribution is 2.17. The number of allylic oxidation sites excluding steroid dienone is 5.